The minimum atomic E-state index is -0.293. The Balaban J connectivity index is 1.60. The second-order valence-corrected chi connectivity index (χ2v) is 5.59. The number of furan rings is 1. The molecule has 1 aromatic carbocycles. The highest BCUT2D eigenvalue weighted by molar-refractivity contribution is 5.89. The molecular weight excluding hydrogens is 306 g/mol. The molecule has 0 aliphatic rings. The summed E-state index contributed by atoms with van der Waals surface area (Å²) in [5, 5.41) is 12.5. The first-order valence-electron chi connectivity index (χ1n) is 7.64. The van der Waals surface area contributed by atoms with Gasteiger partial charge in [-0.1, -0.05) is 0 Å². The zero-order chi connectivity index (χ0) is 17.1. The number of rotatable bonds is 4. The third-order valence-electron chi connectivity index (χ3n) is 3.53. The van der Waals surface area contributed by atoms with Gasteiger partial charge in [0, 0.05) is 11.3 Å². The maximum atomic E-state index is 12.1. The number of H-pyrrole nitrogens is 1. The standard InChI is InChI=1S/C17H19N5O2/c1-10-4-9-15(24-10)11(2)18-17(23)20-14-7-5-13(6-8-14)16-19-12(3)21-22-16/h4-9,11H,1-3H3,(H2,18,20,23)(H,19,21,22)/t11-/m0/s1. The van der Waals surface area contributed by atoms with Gasteiger partial charge >= 0.3 is 6.03 Å². The van der Waals surface area contributed by atoms with E-state index in [-0.39, 0.29) is 12.1 Å². The second-order valence-electron chi connectivity index (χ2n) is 5.59. The number of nitrogens with one attached hydrogen (secondary N) is 3. The molecule has 0 saturated carbocycles. The summed E-state index contributed by atoms with van der Waals surface area (Å²) >= 11 is 0. The van der Waals surface area contributed by atoms with Gasteiger partial charge in [0.25, 0.3) is 0 Å². The number of aryl methyl sites for hydroxylation is 2. The van der Waals surface area contributed by atoms with Crippen molar-refractivity contribution in [2.75, 3.05) is 5.32 Å². The van der Waals surface area contributed by atoms with E-state index in [1.807, 2.05) is 57.2 Å². The maximum Gasteiger partial charge on any atom is 0.319 e. The lowest BCUT2D eigenvalue weighted by atomic mass is 10.2. The van der Waals surface area contributed by atoms with Crippen LogP contribution in [0, 0.1) is 13.8 Å². The molecule has 0 aliphatic carbocycles. The summed E-state index contributed by atoms with van der Waals surface area (Å²) in [4.78, 5) is 16.3. The Kier molecular flexibility index (Phi) is 4.33. The molecule has 0 fully saturated rings. The van der Waals surface area contributed by atoms with Gasteiger partial charge in [-0.2, -0.15) is 5.10 Å². The topological polar surface area (TPSA) is 95.8 Å². The van der Waals surface area contributed by atoms with Crippen LogP contribution in [0.15, 0.2) is 40.8 Å². The number of amides is 2. The van der Waals surface area contributed by atoms with Gasteiger partial charge in [-0.25, -0.2) is 9.78 Å². The monoisotopic (exact) mass is 325 g/mol. The number of carbonyl (C=O) groups is 1. The second kappa shape index (κ2) is 6.57. The zero-order valence-electron chi connectivity index (χ0n) is 13.8. The van der Waals surface area contributed by atoms with E-state index in [4.69, 9.17) is 4.42 Å². The highest BCUT2D eigenvalue weighted by atomic mass is 16.3. The van der Waals surface area contributed by atoms with Crippen LogP contribution < -0.4 is 10.6 Å². The van der Waals surface area contributed by atoms with Crippen molar-refractivity contribution in [3.05, 3.63) is 53.7 Å². The summed E-state index contributed by atoms with van der Waals surface area (Å²) in [6.45, 7) is 5.58. The fourth-order valence-electron chi connectivity index (χ4n) is 2.30. The van der Waals surface area contributed by atoms with Crippen molar-refractivity contribution < 1.29 is 9.21 Å². The Labute approximate surface area is 139 Å². The number of carbonyl (C=O) groups excluding carboxylic acids is 1. The van der Waals surface area contributed by atoms with Crippen LogP contribution >= 0.6 is 0 Å². The molecule has 7 nitrogen and oxygen atoms in total. The minimum Gasteiger partial charge on any atom is -0.464 e. The van der Waals surface area contributed by atoms with Crippen LogP contribution in [0.3, 0.4) is 0 Å². The molecule has 0 saturated heterocycles. The highest BCUT2D eigenvalue weighted by Gasteiger charge is 2.13. The Morgan fingerprint density at radius 2 is 1.92 bits per heavy atom. The summed E-state index contributed by atoms with van der Waals surface area (Å²) in [5.74, 6) is 2.92. The van der Waals surface area contributed by atoms with E-state index in [1.54, 1.807) is 0 Å². The van der Waals surface area contributed by atoms with Crippen LogP contribution in [0.1, 0.15) is 30.3 Å². The molecule has 124 valence electrons. The zero-order valence-corrected chi connectivity index (χ0v) is 13.8. The van der Waals surface area contributed by atoms with Crippen molar-refractivity contribution in [1.29, 1.82) is 0 Å². The van der Waals surface area contributed by atoms with Crippen molar-refractivity contribution in [2.24, 2.45) is 0 Å². The summed E-state index contributed by atoms with van der Waals surface area (Å²) < 4.78 is 5.50. The van der Waals surface area contributed by atoms with Crippen LogP contribution in [0.25, 0.3) is 11.4 Å². The Hall–Kier alpha value is -3.09. The van der Waals surface area contributed by atoms with Gasteiger partial charge in [-0.3, -0.25) is 5.10 Å². The fourth-order valence-corrected chi connectivity index (χ4v) is 2.30. The largest absolute Gasteiger partial charge is 0.464 e. The Bertz CT molecular complexity index is 835. The van der Waals surface area contributed by atoms with Crippen LogP contribution in [-0.2, 0) is 0 Å². The van der Waals surface area contributed by atoms with Crippen molar-refractivity contribution in [2.45, 2.75) is 26.8 Å². The Morgan fingerprint density at radius 3 is 2.50 bits per heavy atom. The maximum absolute atomic E-state index is 12.1. The molecule has 2 heterocycles. The number of hydrogen-bond donors (Lipinski definition) is 3. The van der Waals surface area contributed by atoms with Crippen molar-refractivity contribution in [1.82, 2.24) is 20.5 Å². The number of hydrogen-bond acceptors (Lipinski definition) is 4. The van der Waals surface area contributed by atoms with E-state index >= 15 is 0 Å². The van der Waals surface area contributed by atoms with Crippen molar-refractivity contribution in [3.63, 3.8) is 0 Å². The van der Waals surface area contributed by atoms with E-state index in [2.05, 4.69) is 25.8 Å². The number of nitrogens with zero attached hydrogens (tertiary/aromatic N) is 2. The van der Waals surface area contributed by atoms with Gasteiger partial charge < -0.3 is 15.1 Å². The number of aromatic nitrogens is 3. The average molecular weight is 325 g/mol. The third kappa shape index (κ3) is 3.62. The van der Waals surface area contributed by atoms with Gasteiger partial charge in [0.1, 0.15) is 17.3 Å². The smallest absolute Gasteiger partial charge is 0.319 e. The first kappa shape index (κ1) is 15.8. The summed E-state index contributed by atoms with van der Waals surface area (Å²) in [6, 6.07) is 10.6. The molecule has 0 radical (unpaired) electrons. The average Bonchev–Trinajstić information content (AvgIpc) is 3.16. The first-order valence-corrected chi connectivity index (χ1v) is 7.64. The number of urea groups is 1. The molecule has 24 heavy (non-hydrogen) atoms. The van der Waals surface area contributed by atoms with Gasteiger partial charge in [0.05, 0.1) is 6.04 Å². The highest BCUT2D eigenvalue weighted by Crippen LogP contribution is 2.19. The van der Waals surface area contributed by atoms with E-state index in [0.29, 0.717) is 11.5 Å². The number of benzene rings is 1. The molecule has 3 rings (SSSR count). The predicted octanol–water partition coefficient (Wildman–Crippen LogP) is 3.56. The van der Waals surface area contributed by atoms with Crippen LogP contribution in [0.4, 0.5) is 10.5 Å². The van der Waals surface area contributed by atoms with Gasteiger partial charge in [0.2, 0.25) is 0 Å². The van der Waals surface area contributed by atoms with Crippen molar-refractivity contribution in [3.8, 4) is 11.4 Å². The molecule has 3 aromatic rings. The molecule has 2 aromatic heterocycles. The normalized spacial score (nSPS) is 12.0. The quantitative estimate of drug-likeness (QED) is 0.683. The van der Waals surface area contributed by atoms with Gasteiger partial charge in [-0.15, -0.1) is 0 Å². The lowest BCUT2D eigenvalue weighted by molar-refractivity contribution is 0.247. The fraction of sp³-hybridized carbons (Fsp3) is 0.235. The summed E-state index contributed by atoms with van der Waals surface area (Å²) in [6.07, 6.45) is 0. The SMILES string of the molecule is Cc1nc(-c2ccc(NC(=O)N[C@@H](C)c3ccc(C)o3)cc2)n[nH]1. The summed E-state index contributed by atoms with van der Waals surface area (Å²) in [5.41, 5.74) is 1.57. The number of anilines is 1. The lowest BCUT2D eigenvalue weighted by Crippen LogP contribution is -2.30. The van der Waals surface area contributed by atoms with E-state index in [9.17, 15) is 4.79 Å². The van der Waals surface area contributed by atoms with Gasteiger partial charge in [-0.05, 0) is 57.2 Å². The minimum absolute atomic E-state index is 0.214. The first-order chi connectivity index (χ1) is 11.5. The molecule has 7 heteroatoms. The molecule has 0 aliphatic heterocycles. The van der Waals surface area contributed by atoms with Gasteiger partial charge in [0.15, 0.2) is 5.82 Å². The lowest BCUT2D eigenvalue weighted by Gasteiger charge is -2.12. The number of aromatic amines is 1. The van der Waals surface area contributed by atoms with E-state index in [0.717, 1.165) is 22.9 Å². The van der Waals surface area contributed by atoms with E-state index < -0.39 is 0 Å². The van der Waals surface area contributed by atoms with Crippen LogP contribution in [-0.4, -0.2) is 21.2 Å². The molecule has 0 bridgehead atoms. The molecule has 2 amide bonds. The molecule has 3 N–H and O–H groups in total. The molecule has 0 spiro atoms. The Morgan fingerprint density at radius 1 is 1.17 bits per heavy atom. The molecule has 1 atom stereocenters. The summed E-state index contributed by atoms with van der Waals surface area (Å²) in [7, 11) is 0. The van der Waals surface area contributed by atoms with Crippen molar-refractivity contribution >= 4 is 11.7 Å². The van der Waals surface area contributed by atoms with E-state index in [1.165, 1.54) is 0 Å². The molecular formula is C17H19N5O2. The molecule has 0 unspecified atom stereocenters. The third-order valence-corrected chi connectivity index (χ3v) is 3.53. The van der Waals surface area contributed by atoms with Crippen LogP contribution in [0.2, 0.25) is 0 Å². The predicted molar refractivity (Wildman–Crippen MR) is 90.6 cm³/mol. The van der Waals surface area contributed by atoms with Crippen LogP contribution in [0.5, 0.6) is 0 Å².